The van der Waals surface area contributed by atoms with Crippen LogP contribution in [0.3, 0.4) is 0 Å². The van der Waals surface area contributed by atoms with Crippen LogP contribution in [0, 0.1) is 11.8 Å². The maximum atomic E-state index is 6.18. The Hall–Kier alpha value is -0.770. The fourth-order valence-electron chi connectivity index (χ4n) is 3.13. The maximum Gasteiger partial charge on any atom is 0.123 e. The van der Waals surface area contributed by atoms with Crippen molar-refractivity contribution in [3.8, 4) is 5.75 Å². The lowest BCUT2D eigenvalue weighted by atomic mass is 10.1. The van der Waals surface area contributed by atoms with Gasteiger partial charge in [-0.1, -0.05) is 11.6 Å². The Labute approximate surface area is 132 Å². The predicted octanol–water partition coefficient (Wildman–Crippen LogP) is 3.30. The lowest BCUT2D eigenvalue weighted by Crippen LogP contribution is -2.27. The molecule has 3 rings (SSSR count). The summed E-state index contributed by atoms with van der Waals surface area (Å²) in [6, 6.07) is 6.56. The minimum absolute atomic E-state index is 0.578. The molecule has 2 unspecified atom stereocenters. The quantitative estimate of drug-likeness (QED) is 0.876. The van der Waals surface area contributed by atoms with Crippen LogP contribution in [0.2, 0.25) is 5.02 Å². The third-order valence-corrected chi connectivity index (χ3v) is 4.93. The normalized spacial score (nSPS) is 26.2. The minimum atomic E-state index is 0.578. The number of rotatable bonds is 6. The monoisotopic (exact) mass is 308 g/mol. The molecule has 116 valence electrons. The molecule has 0 aromatic heterocycles. The average molecular weight is 309 g/mol. The molecule has 2 fully saturated rings. The van der Waals surface area contributed by atoms with Crippen LogP contribution < -0.4 is 10.5 Å². The van der Waals surface area contributed by atoms with E-state index in [1.54, 1.807) is 0 Å². The molecule has 1 aliphatic heterocycles. The third kappa shape index (κ3) is 3.91. The summed E-state index contributed by atoms with van der Waals surface area (Å²) < 4.78 is 6.00. The van der Waals surface area contributed by atoms with Gasteiger partial charge in [-0.25, -0.2) is 0 Å². The zero-order chi connectivity index (χ0) is 14.8. The van der Waals surface area contributed by atoms with Crippen molar-refractivity contribution >= 4 is 11.6 Å². The lowest BCUT2D eigenvalue weighted by Gasteiger charge is -2.23. The van der Waals surface area contributed by atoms with E-state index in [9.17, 15) is 0 Å². The van der Waals surface area contributed by atoms with Crippen molar-refractivity contribution in [2.45, 2.75) is 38.8 Å². The van der Waals surface area contributed by atoms with E-state index >= 15 is 0 Å². The van der Waals surface area contributed by atoms with Crippen LogP contribution in [0.1, 0.15) is 31.7 Å². The number of nitrogens with zero attached hydrogens (tertiary/aromatic N) is 1. The molecule has 21 heavy (non-hydrogen) atoms. The van der Waals surface area contributed by atoms with Crippen molar-refractivity contribution in [1.29, 1.82) is 0 Å². The summed E-state index contributed by atoms with van der Waals surface area (Å²) in [5.74, 6) is 2.38. The highest BCUT2D eigenvalue weighted by molar-refractivity contribution is 6.30. The van der Waals surface area contributed by atoms with Gasteiger partial charge < -0.3 is 10.5 Å². The van der Waals surface area contributed by atoms with E-state index in [4.69, 9.17) is 22.1 Å². The van der Waals surface area contributed by atoms with Crippen LogP contribution >= 0.6 is 11.6 Å². The molecule has 1 heterocycles. The number of ether oxygens (including phenoxy) is 1. The van der Waals surface area contributed by atoms with Crippen molar-refractivity contribution in [2.24, 2.45) is 17.6 Å². The highest BCUT2D eigenvalue weighted by atomic mass is 35.5. The predicted molar refractivity (Wildman–Crippen MR) is 86.7 cm³/mol. The van der Waals surface area contributed by atoms with Gasteiger partial charge in [0.05, 0.1) is 6.61 Å². The molecule has 2 atom stereocenters. The third-order valence-electron chi connectivity index (χ3n) is 4.69. The highest BCUT2D eigenvalue weighted by Gasteiger charge is 2.29. The van der Waals surface area contributed by atoms with Gasteiger partial charge in [-0.2, -0.15) is 0 Å². The van der Waals surface area contributed by atoms with Crippen LogP contribution in [0.4, 0.5) is 0 Å². The summed E-state index contributed by atoms with van der Waals surface area (Å²) in [4.78, 5) is 2.49. The van der Waals surface area contributed by atoms with Crippen molar-refractivity contribution in [2.75, 3.05) is 19.7 Å². The molecule has 3 nitrogen and oxygen atoms in total. The van der Waals surface area contributed by atoms with E-state index in [1.165, 1.54) is 24.8 Å². The number of halogens is 1. The number of hydrogen-bond donors (Lipinski definition) is 1. The minimum Gasteiger partial charge on any atom is -0.493 e. The van der Waals surface area contributed by atoms with Crippen LogP contribution in [-0.4, -0.2) is 30.6 Å². The molecule has 1 saturated heterocycles. The Bertz CT molecular complexity index is 490. The SMILES string of the molecule is CC1CC(CN)CN1Cc1cc(Cl)ccc1OCC1CC1. The molecular formula is C17H25ClN2O. The first kappa shape index (κ1) is 15.1. The first-order chi connectivity index (χ1) is 10.2. The van der Waals surface area contributed by atoms with Gasteiger partial charge in [0.1, 0.15) is 5.75 Å². The number of benzene rings is 1. The molecule has 2 N–H and O–H groups in total. The van der Waals surface area contributed by atoms with Crippen molar-refractivity contribution < 1.29 is 4.74 Å². The summed E-state index contributed by atoms with van der Waals surface area (Å²) in [5.41, 5.74) is 7.02. The first-order valence-electron chi connectivity index (χ1n) is 8.01. The molecule has 1 aromatic carbocycles. The fraction of sp³-hybridized carbons (Fsp3) is 0.647. The number of hydrogen-bond acceptors (Lipinski definition) is 3. The first-order valence-corrected chi connectivity index (χ1v) is 8.39. The fourth-order valence-corrected chi connectivity index (χ4v) is 3.33. The van der Waals surface area contributed by atoms with Crippen LogP contribution in [-0.2, 0) is 6.54 Å². The van der Waals surface area contributed by atoms with E-state index in [-0.39, 0.29) is 0 Å². The molecule has 0 radical (unpaired) electrons. The molecule has 4 heteroatoms. The Balaban J connectivity index is 1.69. The van der Waals surface area contributed by atoms with Crippen LogP contribution in [0.15, 0.2) is 18.2 Å². The van der Waals surface area contributed by atoms with E-state index in [0.717, 1.165) is 42.9 Å². The molecule has 1 saturated carbocycles. The van der Waals surface area contributed by atoms with Gasteiger partial charge in [0, 0.05) is 29.7 Å². The summed E-state index contributed by atoms with van der Waals surface area (Å²) in [5, 5.41) is 0.783. The molecular weight excluding hydrogens is 284 g/mol. The topological polar surface area (TPSA) is 38.5 Å². The van der Waals surface area contributed by atoms with Gasteiger partial charge in [0.25, 0.3) is 0 Å². The largest absolute Gasteiger partial charge is 0.493 e. The Morgan fingerprint density at radius 2 is 2.14 bits per heavy atom. The lowest BCUT2D eigenvalue weighted by molar-refractivity contribution is 0.244. The van der Waals surface area contributed by atoms with Gasteiger partial charge in [0.15, 0.2) is 0 Å². The van der Waals surface area contributed by atoms with E-state index < -0.39 is 0 Å². The van der Waals surface area contributed by atoms with Crippen molar-refractivity contribution in [3.63, 3.8) is 0 Å². The summed E-state index contributed by atoms with van der Waals surface area (Å²) in [6.07, 6.45) is 3.81. The molecule has 0 bridgehead atoms. The molecule has 1 aromatic rings. The second-order valence-electron chi connectivity index (χ2n) is 6.62. The summed E-state index contributed by atoms with van der Waals surface area (Å²) in [6.45, 7) is 5.88. The Morgan fingerprint density at radius 3 is 2.81 bits per heavy atom. The highest BCUT2D eigenvalue weighted by Crippen LogP contribution is 2.32. The standard InChI is InChI=1S/C17H25ClN2O/c1-12-6-14(8-19)9-20(12)10-15-7-16(18)4-5-17(15)21-11-13-2-3-13/h4-5,7,12-14H,2-3,6,8-11,19H2,1H3. The Kier molecular flexibility index (Phi) is 4.72. The number of nitrogens with two attached hydrogens (primary N) is 1. The molecule has 2 aliphatic rings. The van der Waals surface area contributed by atoms with E-state index in [1.807, 2.05) is 18.2 Å². The second-order valence-corrected chi connectivity index (χ2v) is 7.06. The Morgan fingerprint density at radius 1 is 1.33 bits per heavy atom. The van der Waals surface area contributed by atoms with Crippen molar-refractivity contribution in [1.82, 2.24) is 4.90 Å². The number of likely N-dealkylation sites (tertiary alicyclic amines) is 1. The van der Waals surface area contributed by atoms with Gasteiger partial charge in [0.2, 0.25) is 0 Å². The van der Waals surface area contributed by atoms with E-state index in [0.29, 0.717) is 12.0 Å². The summed E-state index contributed by atoms with van der Waals surface area (Å²) >= 11 is 6.18. The smallest absolute Gasteiger partial charge is 0.123 e. The van der Waals surface area contributed by atoms with Gasteiger partial charge >= 0.3 is 0 Å². The second kappa shape index (κ2) is 6.55. The zero-order valence-electron chi connectivity index (χ0n) is 12.7. The van der Waals surface area contributed by atoms with Gasteiger partial charge in [-0.3, -0.25) is 4.90 Å². The molecule has 1 aliphatic carbocycles. The maximum absolute atomic E-state index is 6.18. The van der Waals surface area contributed by atoms with Gasteiger partial charge in [-0.15, -0.1) is 0 Å². The molecule has 0 spiro atoms. The summed E-state index contributed by atoms with van der Waals surface area (Å²) in [7, 11) is 0. The van der Waals surface area contributed by atoms with Crippen molar-refractivity contribution in [3.05, 3.63) is 28.8 Å². The van der Waals surface area contributed by atoms with Crippen LogP contribution in [0.5, 0.6) is 5.75 Å². The average Bonchev–Trinajstić information content (AvgIpc) is 3.22. The van der Waals surface area contributed by atoms with E-state index in [2.05, 4.69) is 11.8 Å². The molecule has 0 amide bonds. The van der Waals surface area contributed by atoms with Crippen LogP contribution in [0.25, 0.3) is 0 Å². The zero-order valence-corrected chi connectivity index (χ0v) is 13.5. The van der Waals surface area contributed by atoms with Gasteiger partial charge in [-0.05, 0) is 62.8 Å².